The normalized spacial score (nSPS) is 16.7. The van der Waals surface area contributed by atoms with Crippen LogP contribution in [0.5, 0.6) is 0 Å². The minimum atomic E-state index is -0.823. The number of ketones is 1. The van der Waals surface area contributed by atoms with Crippen LogP contribution in [-0.4, -0.2) is 53.8 Å². The quantitative estimate of drug-likeness (QED) is 0.581. The first-order chi connectivity index (χ1) is 14.9. The van der Waals surface area contributed by atoms with Crippen molar-refractivity contribution in [3.8, 4) is 0 Å². The summed E-state index contributed by atoms with van der Waals surface area (Å²) in [6, 6.07) is 13.6. The average molecular weight is 422 g/mol. The zero-order chi connectivity index (χ0) is 22.1. The van der Waals surface area contributed by atoms with Gasteiger partial charge in [-0.3, -0.25) is 9.59 Å². The minimum Gasteiger partial charge on any atom is -0.503 e. The molecule has 0 fully saturated rings. The van der Waals surface area contributed by atoms with E-state index in [1.54, 1.807) is 18.2 Å². The largest absolute Gasteiger partial charge is 0.503 e. The molecular weight excluding hydrogens is 399 g/mol. The van der Waals surface area contributed by atoms with E-state index in [0.717, 1.165) is 11.9 Å². The van der Waals surface area contributed by atoms with E-state index in [9.17, 15) is 19.1 Å². The molecule has 1 aromatic heterocycles. The van der Waals surface area contributed by atoms with E-state index < -0.39 is 29.3 Å². The summed E-state index contributed by atoms with van der Waals surface area (Å²) in [6.07, 6.45) is 0.649. The fraction of sp³-hybridized carbons (Fsp3) is 0.250. The van der Waals surface area contributed by atoms with Gasteiger partial charge >= 0.3 is 0 Å². The van der Waals surface area contributed by atoms with Gasteiger partial charge in [0.2, 0.25) is 5.78 Å². The lowest BCUT2D eigenvalue weighted by Gasteiger charge is -2.27. The smallest absolute Gasteiger partial charge is 0.290 e. The highest BCUT2D eigenvalue weighted by atomic mass is 19.1. The van der Waals surface area contributed by atoms with Gasteiger partial charge in [0, 0.05) is 11.9 Å². The summed E-state index contributed by atoms with van der Waals surface area (Å²) >= 11 is 0. The number of aliphatic hydroxyl groups is 1. The molecule has 0 saturated carbocycles. The third-order valence-corrected chi connectivity index (χ3v) is 5.39. The van der Waals surface area contributed by atoms with Crippen molar-refractivity contribution in [3.05, 3.63) is 83.1 Å². The second-order valence-electron chi connectivity index (χ2n) is 7.85. The van der Waals surface area contributed by atoms with Crippen molar-refractivity contribution in [2.75, 3.05) is 27.2 Å². The van der Waals surface area contributed by atoms with Gasteiger partial charge in [-0.2, -0.15) is 0 Å². The van der Waals surface area contributed by atoms with Crippen molar-refractivity contribution in [1.82, 2.24) is 9.80 Å². The number of halogens is 1. The number of fused-ring (bicyclic) bond motifs is 1. The Hall–Kier alpha value is -3.45. The zero-order valence-electron chi connectivity index (χ0n) is 17.3. The third-order valence-electron chi connectivity index (χ3n) is 5.39. The lowest BCUT2D eigenvalue weighted by molar-refractivity contribution is -0.129. The molecule has 6 nitrogen and oxygen atoms in total. The molecule has 0 bridgehead atoms. The van der Waals surface area contributed by atoms with Gasteiger partial charge < -0.3 is 19.3 Å². The average Bonchev–Trinajstić information content (AvgIpc) is 3.28. The Balaban J connectivity index is 1.74. The zero-order valence-corrected chi connectivity index (χ0v) is 17.3. The Morgan fingerprint density at radius 3 is 2.55 bits per heavy atom. The lowest BCUT2D eigenvalue weighted by atomic mass is 9.95. The summed E-state index contributed by atoms with van der Waals surface area (Å²) < 4.78 is 19.2. The first-order valence-corrected chi connectivity index (χ1v) is 10.0. The first kappa shape index (κ1) is 20.8. The van der Waals surface area contributed by atoms with E-state index in [4.69, 9.17) is 4.42 Å². The number of carbonyl (C=O) groups excluding carboxylic acids is 2. The monoisotopic (exact) mass is 422 g/mol. The van der Waals surface area contributed by atoms with Gasteiger partial charge in [-0.25, -0.2) is 4.39 Å². The Morgan fingerprint density at radius 2 is 1.87 bits per heavy atom. The van der Waals surface area contributed by atoms with Crippen molar-refractivity contribution in [3.63, 3.8) is 0 Å². The molecule has 3 aromatic rings. The number of aliphatic hydroxyl groups excluding tert-OH is 1. The van der Waals surface area contributed by atoms with Gasteiger partial charge in [-0.15, -0.1) is 0 Å². The summed E-state index contributed by atoms with van der Waals surface area (Å²) in [6.45, 7) is 1.06. The Labute approximate surface area is 179 Å². The molecular formula is C24H23FN2O4. The maximum Gasteiger partial charge on any atom is 0.290 e. The fourth-order valence-corrected chi connectivity index (χ4v) is 3.89. The molecule has 0 unspecified atom stereocenters. The van der Waals surface area contributed by atoms with Crippen LogP contribution in [-0.2, 0) is 4.79 Å². The van der Waals surface area contributed by atoms with Crippen LogP contribution in [0.3, 0.4) is 0 Å². The summed E-state index contributed by atoms with van der Waals surface area (Å²) in [5, 5.41) is 11.4. The van der Waals surface area contributed by atoms with Crippen LogP contribution >= 0.6 is 0 Å². The van der Waals surface area contributed by atoms with E-state index in [-0.39, 0.29) is 11.3 Å². The van der Waals surface area contributed by atoms with Gasteiger partial charge in [-0.05, 0) is 56.9 Å². The number of benzene rings is 2. The highest BCUT2D eigenvalue weighted by Crippen LogP contribution is 2.39. The molecule has 1 amide bonds. The van der Waals surface area contributed by atoms with E-state index in [1.165, 1.54) is 29.2 Å². The van der Waals surface area contributed by atoms with Gasteiger partial charge in [0.15, 0.2) is 11.5 Å². The van der Waals surface area contributed by atoms with Crippen molar-refractivity contribution in [2.24, 2.45) is 0 Å². The SMILES string of the molecule is CN(C)CCCN1C(=O)C(O)=C(C(=O)c2cc3ccccc3o2)[C@H]1c1ccc(F)cc1. The molecule has 1 aliphatic rings. The summed E-state index contributed by atoms with van der Waals surface area (Å²) in [5.74, 6) is -2.16. The number of nitrogens with zero attached hydrogens (tertiary/aromatic N) is 2. The van der Waals surface area contributed by atoms with Crippen molar-refractivity contribution in [2.45, 2.75) is 12.5 Å². The molecule has 0 aliphatic carbocycles. The molecule has 31 heavy (non-hydrogen) atoms. The second-order valence-corrected chi connectivity index (χ2v) is 7.85. The number of carbonyl (C=O) groups is 2. The Kier molecular flexibility index (Phi) is 5.61. The molecule has 160 valence electrons. The summed E-state index contributed by atoms with van der Waals surface area (Å²) in [4.78, 5) is 29.7. The molecule has 4 rings (SSSR count). The number of hydrogen-bond acceptors (Lipinski definition) is 5. The summed E-state index contributed by atoms with van der Waals surface area (Å²) in [7, 11) is 3.85. The van der Waals surface area contributed by atoms with Gasteiger partial charge in [-0.1, -0.05) is 30.3 Å². The van der Waals surface area contributed by atoms with Crippen LogP contribution in [0.25, 0.3) is 11.0 Å². The van der Waals surface area contributed by atoms with Crippen LogP contribution in [0.1, 0.15) is 28.6 Å². The van der Waals surface area contributed by atoms with E-state index in [2.05, 4.69) is 0 Å². The predicted octanol–water partition coefficient (Wildman–Crippen LogP) is 4.10. The molecule has 1 N–H and O–H groups in total. The number of furan rings is 1. The molecule has 1 atom stereocenters. The predicted molar refractivity (Wildman–Crippen MR) is 114 cm³/mol. The molecule has 2 heterocycles. The molecule has 0 saturated heterocycles. The van der Waals surface area contributed by atoms with Crippen LogP contribution < -0.4 is 0 Å². The molecule has 2 aromatic carbocycles. The highest BCUT2D eigenvalue weighted by Gasteiger charge is 2.44. The van der Waals surface area contributed by atoms with E-state index in [0.29, 0.717) is 24.1 Å². The van der Waals surface area contributed by atoms with Gasteiger partial charge in [0.05, 0.1) is 11.6 Å². The molecule has 0 radical (unpaired) electrons. The summed E-state index contributed by atoms with van der Waals surface area (Å²) in [5.41, 5.74) is 1.03. The van der Waals surface area contributed by atoms with Crippen LogP contribution in [0, 0.1) is 5.82 Å². The topological polar surface area (TPSA) is 74.0 Å². The van der Waals surface area contributed by atoms with Crippen LogP contribution in [0.15, 0.2) is 70.3 Å². The Bertz CT molecular complexity index is 1130. The fourth-order valence-electron chi connectivity index (χ4n) is 3.89. The molecule has 1 aliphatic heterocycles. The van der Waals surface area contributed by atoms with Gasteiger partial charge in [0.1, 0.15) is 11.4 Å². The van der Waals surface area contributed by atoms with Crippen molar-refractivity contribution >= 4 is 22.7 Å². The number of hydrogen-bond donors (Lipinski definition) is 1. The maximum absolute atomic E-state index is 13.5. The lowest BCUT2D eigenvalue weighted by Crippen LogP contribution is -2.33. The molecule has 7 heteroatoms. The number of Topliss-reactive ketones (excluding diaryl/α,β-unsaturated/α-hetero) is 1. The third kappa shape index (κ3) is 3.96. The van der Waals surface area contributed by atoms with Crippen molar-refractivity contribution in [1.29, 1.82) is 0 Å². The van der Waals surface area contributed by atoms with Gasteiger partial charge in [0.25, 0.3) is 5.91 Å². The Morgan fingerprint density at radius 1 is 1.16 bits per heavy atom. The standard InChI is InChI=1S/C24H23FN2O4/c1-26(2)12-5-13-27-21(15-8-10-17(25)11-9-15)20(23(29)24(27)30)22(28)19-14-16-6-3-4-7-18(16)31-19/h3-4,6-11,14,21,29H,5,12-13H2,1-2H3/t21-/m1/s1. The van der Waals surface area contributed by atoms with Crippen LogP contribution in [0.2, 0.25) is 0 Å². The first-order valence-electron chi connectivity index (χ1n) is 10.0. The van der Waals surface area contributed by atoms with E-state index in [1.807, 2.05) is 31.1 Å². The maximum atomic E-state index is 13.5. The number of para-hydroxylation sites is 1. The molecule has 0 spiro atoms. The second kappa shape index (κ2) is 8.35. The minimum absolute atomic E-state index is 0.0396. The van der Waals surface area contributed by atoms with Crippen molar-refractivity contribution < 1.29 is 23.5 Å². The highest BCUT2D eigenvalue weighted by molar-refractivity contribution is 6.16. The number of amides is 1. The van der Waals surface area contributed by atoms with E-state index >= 15 is 0 Å². The van der Waals surface area contributed by atoms with Crippen LogP contribution in [0.4, 0.5) is 4.39 Å². The number of rotatable bonds is 7.